The molecule has 0 spiro atoms. The molecule has 1 heterocycles. The van der Waals surface area contributed by atoms with Crippen molar-refractivity contribution >= 4 is 12.0 Å². The number of nitrogens with one attached hydrogen (secondary N) is 1. The Balaban J connectivity index is 2.47. The summed E-state index contributed by atoms with van der Waals surface area (Å²) in [6.45, 7) is 7.93. The Kier molecular flexibility index (Phi) is 6.95. The van der Waals surface area contributed by atoms with E-state index in [0.29, 0.717) is 45.6 Å². The Labute approximate surface area is 126 Å². The van der Waals surface area contributed by atoms with Crippen LogP contribution in [0.2, 0.25) is 0 Å². The van der Waals surface area contributed by atoms with Crippen LogP contribution in [0.4, 0.5) is 4.79 Å². The van der Waals surface area contributed by atoms with Gasteiger partial charge in [-0.2, -0.15) is 0 Å². The lowest BCUT2D eigenvalue weighted by molar-refractivity contribution is -0.152. The molecule has 1 unspecified atom stereocenters. The van der Waals surface area contributed by atoms with Gasteiger partial charge < -0.3 is 20.1 Å². The van der Waals surface area contributed by atoms with Gasteiger partial charge >= 0.3 is 12.0 Å². The Bertz CT molecular complexity index is 352. The molecule has 1 fully saturated rings. The van der Waals surface area contributed by atoms with E-state index >= 15 is 0 Å². The molecule has 2 amide bonds. The minimum atomic E-state index is -0.728. The third-order valence-electron chi connectivity index (χ3n) is 4.13. The first-order valence-electron chi connectivity index (χ1n) is 7.81. The Morgan fingerprint density at radius 2 is 1.95 bits per heavy atom. The van der Waals surface area contributed by atoms with Crippen LogP contribution in [0.25, 0.3) is 0 Å². The van der Waals surface area contributed by atoms with Crippen LogP contribution in [0.15, 0.2) is 0 Å². The summed E-state index contributed by atoms with van der Waals surface area (Å²) < 4.78 is 5.27. The largest absolute Gasteiger partial charge is 0.481 e. The maximum atomic E-state index is 12.1. The van der Waals surface area contributed by atoms with Gasteiger partial charge in [0.15, 0.2) is 0 Å². The number of amides is 2. The van der Waals surface area contributed by atoms with Gasteiger partial charge in [0, 0.05) is 19.7 Å². The summed E-state index contributed by atoms with van der Waals surface area (Å²) in [6.07, 6.45) is 2.59. The van der Waals surface area contributed by atoms with Crippen LogP contribution < -0.4 is 5.32 Å². The first-order chi connectivity index (χ1) is 9.95. The van der Waals surface area contributed by atoms with Gasteiger partial charge in [-0.3, -0.25) is 4.79 Å². The van der Waals surface area contributed by atoms with Crippen molar-refractivity contribution in [2.24, 2.45) is 5.41 Å². The lowest BCUT2D eigenvalue weighted by Crippen LogP contribution is -2.51. The average Bonchev–Trinajstić information content (AvgIpc) is 2.45. The van der Waals surface area contributed by atoms with Crippen LogP contribution in [0.1, 0.15) is 46.5 Å². The summed E-state index contributed by atoms with van der Waals surface area (Å²) in [5, 5.41) is 12.3. The molecular weight excluding hydrogens is 272 g/mol. The first kappa shape index (κ1) is 17.8. The number of piperidine rings is 1. The molecular formula is C15H28N2O4. The fourth-order valence-corrected chi connectivity index (χ4v) is 2.83. The number of carboxylic acid groups (broad SMARTS) is 1. The molecule has 0 saturated carbocycles. The van der Waals surface area contributed by atoms with E-state index in [1.807, 2.05) is 20.8 Å². The molecule has 6 heteroatoms. The highest BCUT2D eigenvalue weighted by molar-refractivity contribution is 5.77. The van der Waals surface area contributed by atoms with Crippen molar-refractivity contribution in [1.82, 2.24) is 10.2 Å². The van der Waals surface area contributed by atoms with E-state index in [1.165, 1.54) is 0 Å². The van der Waals surface area contributed by atoms with E-state index in [4.69, 9.17) is 4.74 Å². The van der Waals surface area contributed by atoms with Crippen LogP contribution in [0.5, 0.6) is 0 Å². The molecule has 6 nitrogen and oxygen atoms in total. The molecule has 1 aliphatic heterocycles. The lowest BCUT2D eigenvalue weighted by Gasteiger charge is -2.39. The van der Waals surface area contributed by atoms with Gasteiger partial charge in [0.2, 0.25) is 0 Å². The summed E-state index contributed by atoms with van der Waals surface area (Å²) >= 11 is 0. The van der Waals surface area contributed by atoms with E-state index in [2.05, 4.69) is 5.32 Å². The molecule has 0 aliphatic carbocycles. The van der Waals surface area contributed by atoms with Crippen molar-refractivity contribution in [1.29, 1.82) is 0 Å². The molecule has 0 bridgehead atoms. The molecule has 1 saturated heterocycles. The van der Waals surface area contributed by atoms with Gasteiger partial charge in [-0.1, -0.05) is 13.3 Å². The van der Waals surface area contributed by atoms with E-state index in [1.54, 1.807) is 4.90 Å². The fourth-order valence-electron chi connectivity index (χ4n) is 2.83. The van der Waals surface area contributed by atoms with Crippen molar-refractivity contribution in [2.45, 2.75) is 52.5 Å². The monoisotopic (exact) mass is 300 g/mol. The van der Waals surface area contributed by atoms with Crippen molar-refractivity contribution in [2.75, 3.05) is 26.3 Å². The minimum Gasteiger partial charge on any atom is -0.481 e. The second kappa shape index (κ2) is 8.22. The van der Waals surface area contributed by atoms with Crippen LogP contribution in [0, 0.1) is 5.41 Å². The highest BCUT2D eigenvalue weighted by atomic mass is 16.5. The van der Waals surface area contributed by atoms with Gasteiger partial charge in [0.25, 0.3) is 0 Å². The van der Waals surface area contributed by atoms with Gasteiger partial charge in [-0.25, -0.2) is 4.79 Å². The molecule has 21 heavy (non-hydrogen) atoms. The minimum absolute atomic E-state index is 0.0424. The number of urea groups is 1. The maximum absolute atomic E-state index is 12.1. The van der Waals surface area contributed by atoms with Gasteiger partial charge in [-0.05, 0) is 33.1 Å². The number of ether oxygens (including phenoxy) is 1. The predicted molar refractivity (Wildman–Crippen MR) is 80.3 cm³/mol. The topological polar surface area (TPSA) is 78.9 Å². The number of carboxylic acids is 1. The third-order valence-corrected chi connectivity index (χ3v) is 4.13. The molecule has 1 atom stereocenters. The maximum Gasteiger partial charge on any atom is 0.317 e. The Morgan fingerprint density at radius 3 is 2.43 bits per heavy atom. The standard InChI is InChI=1S/C15H28N2O4/c1-4-6-15(13(18)19)7-9-17(10-8-15)14(20)16-12(3)11-21-5-2/h12H,4-11H2,1-3H3,(H,16,20)(H,18,19). The summed E-state index contributed by atoms with van der Waals surface area (Å²) in [6, 6.07) is -0.170. The number of likely N-dealkylation sites (tertiary alicyclic amines) is 1. The smallest absolute Gasteiger partial charge is 0.317 e. The summed E-state index contributed by atoms with van der Waals surface area (Å²) in [5.41, 5.74) is -0.650. The van der Waals surface area contributed by atoms with Crippen LogP contribution in [-0.4, -0.2) is 54.4 Å². The Hall–Kier alpha value is -1.30. The zero-order valence-corrected chi connectivity index (χ0v) is 13.4. The molecule has 0 aromatic carbocycles. The zero-order valence-electron chi connectivity index (χ0n) is 13.4. The highest BCUT2D eigenvalue weighted by Crippen LogP contribution is 2.36. The highest BCUT2D eigenvalue weighted by Gasteiger charge is 2.41. The summed E-state index contributed by atoms with van der Waals surface area (Å²) in [4.78, 5) is 25.3. The molecule has 1 rings (SSSR count). The van der Waals surface area contributed by atoms with E-state index in [0.717, 1.165) is 6.42 Å². The number of hydrogen-bond donors (Lipinski definition) is 2. The molecule has 2 N–H and O–H groups in total. The first-order valence-corrected chi connectivity index (χ1v) is 7.81. The molecule has 0 aromatic heterocycles. The van der Waals surface area contributed by atoms with Crippen LogP contribution in [-0.2, 0) is 9.53 Å². The van der Waals surface area contributed by atoms with Crippen molar-refractivity contribution < 1.29 is 19.4 Å². The summed E-state index contributed by atoms with van der Waals surface area (Å²) in [5.74, 6) is -0.728. The SMILES string of the molecule is CCCC1(C(=O)O)CCN(C(=O)NC(C)COCC)CC1. The molecule has 0 radical (unpaired) electrons. The Morgan fingerprint density at radius 1 is 1.33 bits per heavy atom. The number of hydrogen-bond acceptors (Lipinski definition) is 3. The molecule has 1 aliphatic rings. The quantitative estimate of drug-likeness (QED) is 0.754. The molecule has 0 aromatic rings. The second-order valence-corrected chi connectivity index (χ2v) is 5.83. The number of nitrogens with zero attached hydrogens (tertiary/aromatic N) is 1. The molecule has 122 valence electrons. The van der Waals surface area contributed by atoms with Crippen molar-refractivity contribution in [3.05, 3.63) is 0 Å². The third kappa shape index (κ3) is 4.88. The second-order valence-electron chi connectivity index (χ2n) is 5.83. The van der Waals surface area contributed by atoms with Crippen molar-refractivity contribution in [3.63, 3.8) is 0 Å². The lowest BCUT2D eigenvalue weighted by atomic mass is 9.75. The average molecular weight is 300 g/mol. The normalized spacial score (nSPS) is 19.1. The van der Waals surface area contributed by atoms with E-state index in [9.17, 15) is 14.7 Å². The van der Waals surface area contributed by atoms with Crippen molar-refractivity contribution in [3.8, 4) is 0 Å². The van der Waals surface area contributed by atoms with E-state index in [-0.39, 0.29) is 12.1 Å². The number of rotatable bonds is 7. The van der Waals surface area contributed by atoms with Crippen LogP contribution in [0.3, 0.4) is 0 Å². The van der Waals surface area contributed by atoms with Gasteiger partial charge in [0.05, 0.1) is 18.1 Å². The zero-order chi connectivity index (χ0) is 15.9. The number of carbonyl (C=O) groups excluding carboxylic acids is 1. The number of carbonyl (C=O) groups is 2. The van der Waals surface area contributed by atoms with Crippen LogP contribution >= 0.6 is 0 Å². The van der Waals surface area contributed by atoms with Gasteiger partial charge in [-0.15, -0.1) is 0 Å². The van der Waals surface area contributed by atoms with E-state index < -0.39 is 11.4 Å². The number of aliphatic carboxylic acids is 1. The fraction of sp³-hybridized carbons (Fsp3) is 0.867. The van der Waals surface area contributed by atoms with Gasteiger partial charge in [0.1, 0.15) is 0 Å². The predicted octanol–water partition coefficient (Wildman–Crippen LogP) is 2.09. The summed E-state index contributed by atoms with van der Waals surface area (Å²) in [7, 11) is 0.